The SMILES string of the molecule is Cc1cc(NC(=O)[C@H]2CC(C)C[C@H]2C(=O)O)ncc1Br. The molecule has 2 N–H and O–H groups in total. The number of nitrogens with one attached hydrogen (secondary N) is 1. The first-order valence-electron chi connectivity index (χ1n) is 6.54. The second-order valence-corrected chi connectivity index (χ2v) is 6.29. The largest absolute Gasteiger partial charge is 0.481 e. The van der Waals surface area contributed by atoms with Crippen LogP contribution in [0.15, 0.2) is 16.7 Å². The summed E-state index contributed by atoms with van der Waals surface area (Å²) in [6.45, 7) is 3.88. The fourth-order valence-corrected chi connectivity index (χ4v) is 2.90. The lowest BCUT2D eigenvalue weighted by molar-refractivity contribution is -0.145. The molecule has 6 heteroatoms. The van der Waals surface area contributed by atoms with Crippen LogP contribution in [0, 0.1) is 24.7 Å². The van der Waals surface area contributed by atoms with Crippen molar-refractivity contribution in [3.8, 4) is 0 Å². The molecule has 0 aromatic carbocycles. The molecule has 0 aliphatic heterocycles. The molecule has 5 nitrogen and oxygen atoms in total. The summed E-state index contributed by atoms with van der Waals surface area (Å²) in [5.41, 5.74) is 0.963. The topological polar surface area (TPSA) is 79.3 Å². The number of amides is 1. The molecular formula is C14H17BrN2O3. The van der Waals surface area contributed by atoms with Crippen molar-refractivity contribution in [3.05, 3.63) is 22.3 Å². The normalized spacial score (nSPS) is 25.4. The van der Waals surface area contributed by atoms with E-state index in [9.17, 15) is 14.7 Å². The van der Waals surface area contributed by atoms with Gasteiger partial charge in [-0.05, 0) is 53.2 Å². The van der Waals surface area contributed by atoms with Crippen LogP contribution < -0.4 is 5.32 Å². The highest BCUT2D eigenvalue weighted by atomic mass is 79.9. The van der Waals surface area contributed by atoms with E-state index in [2.05, 4.69) is 26.2 Å². The van der Waals surface area contributed by atoms with Gasteiger partial charge < -0.3 is 10.4 Å². The van der Waals surface area contributed by atoms with Crippen molar-refractivity contribution >= 4 is 33.6 Å². The molecule has 108 valence electrons. The molecule has 1 heterocycles. The van der Waals surface area contributed by atoms with E-state index in [-0.39, 0.29) is 11.8 Å². The number of carboxylic acid groups (broad SMARTS) is 1. The number of nitrogens with zero attached hydrogens (tertiary/aromatic N) is 1. The van der Waals surface area contributed by atoms with E-state index in [1.54, 1.807) is 12.3 Å². The number of pyridine rings is 1. The summed E-state index contributed by atoms with van der Waals surface area (Å²) in [5, 5.41) is 11.9. The Labute approximate surface area is 125 Å². The van der Waals surface area contributed by atoms with Gasteiger partial charge in [0.2, 0.25) is 5.91 Å². The summed E-state index contributed by atoms with van der Waals surface area (Å²) < 4.78 is 0.869. The minimum atomic E-state index is -0.894. The number of carboxylic acids is 1. The van der Waals surface area contributed by atoms with Gasteiger partial charge in [-0.3, -0.25) is 9.59 Å². The number of carbonyl (C=O) groups is 2. The number of aryl methyl sites for hydroxylation is 1. The predicted octanol–water partition coefficient (Wildman–Crippen LogP) is 2.84. The first kappa shape index (κ1) is 15.0. The van der Waals surface area contributed by atoms with Crippen molar-refractivity contribution in [1.82, 2.24) is 4.98 Å². The molecule has 1 aliphatic carbocycles. The third kappa shape index (κ3) is 3.17. The van der Waals surface area contributed by atoms with E-state index in [0.717, 1.165) is 10.0 Å². The van der Waals surface area contributed by atoms with Gasteiger partial charge in [-0.1, -0.05) is 6.92 Å². The lowest BCUT2D eigenvalue weighted by Gasteiger charge is -2.15. The highest BCUT2D eigenvalue weighted by Gasteiger charge is 2.41. The molecule has 1 saturated carbocycles. The molecule has 20 heavy (non-hydrogen) atoms. The Kier molecular flexibility index (Phi) is 4.42. The van der Waals surface area contributed by atoms with Gasteiger partial charge in [0.25, 0.3) is 0 Å². The van der Waals surface area contributed by atoms with Crippen LogP contribution in [-0.4, -0.2) is 22.0 Å². The Morgan fingerprint density at radius 3 is 2.65 bits per heavy atom. The van der Waals surface area contributed by atoms with Crippen molar-refractivity contribution in [1.29, 1.82) is 0 Å². The maximum absolute atomic E-state index is 12.2. The van der Waals surface area contributed by atoms with Crippen molar-refractivity contribution in [2.24, 2.45) is 17.8 Å². The molecule has 0 saturated heterocycles. The summed E-state index contributed by atoms with van der Waals surface area (Å²) in [7, 11) is 0. The first-order valence-corrected chi connectivity index (χ1v) is 7.33. The summed E-state index contributed by atoms with van der Waals surface area (Å²) in [6.07, 6.45) is 2.79. The van der Waals surface area contributed by atoms with Crippen molar-refractivity contribution < 1.29 is 14.7 Å². The second kappa shape index (κ2) is 5.91. The number of hydrogen-bond acceptors (Lipinski definition) is 3. The molecule has 1 amide bonds. The van der Waals surface area contributed by atoms with Crippen molar-refractivity contribution in [2.75, 3.05) is 5.32 Å². The molecule has 2 rings (SSSR count). The number of carbonyl (C=O) groups excluding carboxylic acids is 1. The fraction of sp³-hybridized carbons (Fsp3) is 0.500. The Balaban J connectivity index is 2.11. The van der Waals surface area contributed by atoms with Gasteiger partial charge in [-0.25, -0.2) is 4.98 Å². The summed E-state index contributed by atoms with van der Waals surface area (Å²) >= 11 is 3.35. The predicted molar refractivity (Wildman–Crippen MR) is 78.3 cm³/mol. The number of hydrogen-bond donors (Lipinski definition) is 2. The highest BCUT2D eigenvalue weighted by Crippen LogP contribution is 2.37. The van der Waals surface area contributed by atoms with Crippen molar-refractivity contribution in [2.45, 2.75) is 26.7 Å². The van der Waals surface area contributed by atoms with Gasteiger partial charge >= 0.3 is 5.97 Å². The zero-order valence-electron chi connectivity index (χ0n) is 11.4. The first-order chi connectivity index (χ1) is 9.38. The van der Waals surface area contributed by atoms with Crippen LogP contribution in [0.2, 0.25) is 0 Å². The van der Waals surface area contributed by atoms with E-state index >= 15 is 0 Å². The molecule has 1 aromatic heterocycles. The Hall–Kier alpha value is -1.43. The third-order valence-corrected chi connectivity index (χ3v) is 4.58. The Morgan fingerprint density at radius 2 is 2.05 bits per heavy atom. The Morgan fingerprint density at radius 1 is 1.40 bits per heavy atom. The van der Waals surface area contributed by atoms with E-state index in [0.29, 0.717) is 18.7 Å². The lowest BCUT2D eigenvalue weighted by Crippen LogP contribution is -2.30. The van der Waals surface area contributed by atoms with Gasteiger partial charge in [0, 0.05) is 10.7 Å². The van der Waals surface area contributed by atoms with Crippen LogP contribution in [0.5, 0.6) is 0 Å². The maximum atomic E-state index is 12.2. The van der Waals surface area contributed by atoms with Crippen LogP contribution in [-0.2, 0) is 9.59 Å². The molecule has 1 aromatic rings. The van der Waals surface area contributed by atoms with Crippen LogP contribution in [0.25, 0.3) is 0 Å². The van der Waals surface area contributed by atoms with E-state index in [1.165, 1.54) is 0 Å². The smallest absolute Gasteiger partial charge is 0.307 e. The average molecular weight is 341 g/mol. The highest BCUT2D eigenvalue weighted by molar-refractivity contribution is 9.10. The number of anilines is 1. The second-order valence-electron chi connectivity index (χ2n) is 5.44. The van der Waals surface area contributed by atoms with Gasteiger partial charge in [0.15, 0.2) is 0 Å². The van der Waals surface area contributed by atoms with Crippen LogP contribution in [0.4, 0.5) is 5.82 Å². The van der Waals surface area contributed by atoms with Gasteiger partial charge in [0.1, 0.15) is 5.82 Å². The van der Waals surface area contributed by atoms with Gasteiger partial charge in [-0.2, -0.15) is 0 Å². The Bertz CT molecular complexity index is 547. The molecule has 3 atom stereocenters. The minimum Gasteiger partial charge on any atom is -0.481 e. The van der Waals surface area contributed by atoms with Crippen LogP contribution in [0.1, 0.15) is 25.3 Å². The summed E-state index contributed by atoms with van der Waals surface area (Å²) in [5.74, 6) is -1.51. The molecule has 1 unspecified atom stereocenters. The quantitative estimate of drug-likeness (QED) is 0.886. The molecule has 1 aliphatic rings. The number of aromatic nitrogens is 1. The maximum Gasteiger partial charge on any atom is 0.307 e. The summed E-state index contributed by atoms with van der Waals surface area (Å²) in [6, 6.07) is 1.76. The van der Waals surface area contributed by atoms with Gasteiger partial charge in [-0.15, -0.1) is 0 Å². The zero-order chi connectivity index (χ0) is 14.9. The van der Waals surface area contributed by atoms with E-state index in [1.807, 2.05) is 13.8 Å². The number of rotatable bonds is 3. The molecule has 0 bridgehead atoms. The van der Waals surface area contributed by atoms with E-state index in [4.69, 9.17) is 0 Å². The van der Waals surface area contributed by atoms with Crippen LogP contribution in [0.3, 0.4) is 0 Å². The van der Waals surface area contributed by atoms with Crippen LogP contribution >= 0.6 is 15.9 Å². The van der Waals surface area contributed by atoms with Gasteiger partial charge in [0.05, 0.1) is 11.8 Å². The van der Waals surface area contributed by atoms with Crippen molar-refractivity contribution in [3.63, 3.8) is 0 Å². The number of aliphatic carboxylic acids is 1. The molecule has 0 spiro atoms. The monoisotopic (exact) mass is 340 g/mol. The third-order valence-electron chi connectivity index (χ3n) is 3.75. The standard InChI is InChI=1S/C14H17BrN2O3/c1-7-3-9(10(4-7)14(19)20)13(18)17-12-5-8(2)11(15)6-16-12/h5-7,9-10H,3-4H2,1-2H3,(H,19,20)(H,16,17,18)/t7?,9-,10+/m0/s1. The zero-order valence-corrected chi connectivity index (χ0v) is 13.0. The molecule has 1 fully saturated rings. The molecular weight excluding hydrogens is 324 g/mol. The summed E-state index contributed by atoms with van der Waals surface area (Å²) in [4.78, 5) is 27.6. The molecule has 0 radical (unpaired) electrons. The van der Waals surface area contributed by atoms with E-state index < -0.39 is 17.8 Å². The lowest BCUT2D eigenvalue weighted by atomic mass is 9.95. The fourth-order valence-electron chi connectivity index (χ4n) is 2.68. The number of halogens is 1. The average Bonchev–Trinajstić information content (AvgIpc) is 2.76. The minimum absolute atomic E-state index is 0.254.